The van der Waals surface area contributed by atoms with Gasteiger partial charge in [0.1, 0.15) is 0 Å². The molecule has 0 fully saturated rings. The van der Waals surface area contributed by atoms with E-state index in [1.807, 2.05) is 0 Å². The first-order valence-electron chi connectivity index (χ1n) is 7.02. The van der Waals surface area contributed by atoms with Crippen molar-refractivity contribution in [3.05, 3.63) is 34.4 Å². The number of aryl methyl sites for hydroxylation is 3. The van der Waals surface area contributed by atoms with E-state index in [0.29, 0.717) is 5.92 Å². The van der Waals surface area contributed by atoms with Gasteiger partial charge in [-0.2, -0.15) is 0 Å². The van der Waals surface area contributed by atoms with Gasteiger partial charge in [0.15, 0.2) is 0 Å². The molecule has 1 rings (SSSR count). The molecule has 1 atom stereocenters. The monoisotopic (exact) mass is 248 g/mol. The molecule has 0 amide bonds. The molecule has 0 spiro atoms. The standard InChI is InChI=1S/C16H28N2/c1-12(5-7-17)11-18-8-6-16-10-14(3)13(2)9-15(16)4/h9-10,12,18H,5-8,11,17H2,1-4H3. The highest BCUT2D eigenvalue weighted by atomic mass is 14.8. The molecular formula is C16H28N2. The minimum Gasteiger partial charge on any atom is -0.330 e. The van der Waals surface area contributed by atoms with Crippen LogP contribution in [0.3, 0.4) is 0 Å². The molecule has 0 saturated carbocycles. The van der Waals surface area contributed by atoms with E-state index in [1.54, 1.807) is 0 Å². The quantitative estimate of drug-likeness (QED) is 0.728. The minimum absolute atomic E-state index is 0.677. The molecule has 3 N–H and O–H groups in total. The second-order valence-electron chi connectivity index (χ2n) is 5.50. The Morgan fingerprint density at radius 2 is 1.78 bits per heavy atom. The van der Waals surface area contributed by atoms with Crippen molar-refractivity contribution in [2.24, 2.45) is 11.7 Å². The lowest BCUT2D eigenvalue weighted by molar-refractivity contribution is 0.489. The van der Waals surface area contributed by atoms with E-state index in [-0.39, 0.29) is 0 Å². The van der Waals surface area contributed by atoms with Crippen molar-refractivity contribution in [2.75, 3.05) is 19.6 Å². The maximum Gasteiger partial charge on any atom is -0.000814 e. The first kappa shape index (κ1) is 15.2. The number of hydrogen-bond donors (Lipinski definition) is 2. The van der Waals surface area contributed by atoms with Gasteiger partial charge in [0, 0.05) is 0 Å². The summed E-state index contributed by atoms with van der Waals surface area (Å²) in [5.74, 6) is 0.677. The summed E-state index contributed by atoms with van der Waals surface area (Å²) in [7, 11) is 0. The molecule has 1 unspecified atom stereocenters. The molecule has 0 radical (unpaired) electrons. The van der Waals surface area contributed by atoms with Gasteiger partial charge in [-0.05, 0) is 81.4 Å². The van der Waals surface area contributed by atoms with Crippen molar-refractivity contribution in [3.8, 4) is 0 Å². The van der Waals surface area contributed by atoms with E-state index in [9.17, 15) is 0 Å². The van der Waals surface area contributed by atoms with Gasteiger partial charge in [0.25, 0.3) is 0 Å². The Kier molecular flexibility index (Phi) is 6.37. The van der Waals surface area contributed by atoms with Gasteiger partial charge in [0.05, 0.1) is 0 Å². The molecule has 0 aliphatic rings. The lowest BCUT2D eigenvalue weighted by atomic mass is 9.99. The van der Waals surface area contributed by atoms with Crippen molar-refractivity contribution < 1.29 is 0 Å². The third kappa shape index (κ3) is 4.79. The van der Waals surface area contributed by atoms with Crippen LogP contribution in [0.1, 0.15) is 35.6 Å². The van der Waals surface area contributed by atoms with Crippen LogP contribution in [0.25, 0.3) is 0 Å². The maximum absolute atomic E-state index is 5.55. The van der Waals surface area contributed by atoms with Crippen LogP contribution in [-0.2, 0) is 6.42 Å². The SMILES string of the molecule is Cc1cc(C)c(CCNCC(C)CCN)cc1C. The molecule has 0 saturated heterocycles. The number of benzene rings is 1. The van der Waals surface area contributed by atoms with E-state index in [2.05, 4.69) is 45.1 Å². The first-order chi connectivity index (χ1) is 8.54. The van der Waals surface area contributed by atoms with E-state index in [0.717, 1.165) is 32.5 Å². The van der Waals surface area contributed by atoms with Crippen molar-refractivity contribution in [2.45, 2.75) is 40.5 Å². The van der Waals surface area contributed by atoms with E-state index < -0.39 is 0 Å². The highest BCUT2D eigenvalue weighted by Gasteiger charge is 2.03. The number of nitrogens with two attached hydrogens (primary N) is 1. The molecule has 102 valence electrons. The Bertz CT molecular complexity index is 372. The van der Waals surface area contributed by atoms with Crippen molar-refractivity contribution in [1.29, 1.82) is 0 Å². The smallest absolute Gasteiger partial charge is 0.000814 e. The summed E-state index contributed by atoms with van der Waals surface area (Å²) in [6.07, 6.45) is 2.22. The molecule has 0 aliphatic carbocycles. The van der Waals surface area contributed by atoms with Gasteiger partial charge in [-0.25, -0.2) is 0 Å². The molecule has 0 aliphatic heterocycles. The van der Waals surface area contributed by atoms with E-state index >= 15 is 0 Å². The number of rotatable bonds is 7. The summed E-state index contributed by atoms with van der Waals surface area (Å²) in [6.45, 7) is 11.7. The summed E-state index contributed by atoms with van der Waals surface area (Å²) in [5, 5.41) is 3.52. The molecule has 2 nitrogen and oxygen atoms in total. The third-order valence-electron chi connectivity index (χ3n) is 3.68. The molecule has 18 heavy (non-hydrogen) atoms. The summed E-state index contributed by atoms with van der Waals surface area (Å²) in [4.78, 5) is 0. The topological polar surface area (TPSA) is 38.0 Å². The Morgan fingerprint density at radius 1 is 1.11 bits per heavy atom. The molecule has 1 aromatic rings. The first-order valence-corrected chi connectivity index (χ1v) is 7.02. The normalized spacial score (nSPS) is 12.7. The highest BCUT2D eigenvalue weighted by molar-refractivity contribution is 5.36. The van der Waals surface area contributed by atoms with Crippen LogP contribution in [-0.4, -0.2) is 19.6 Å². The average molecular weight is 248 g/mol. The van der Waals surface area contributed by atoms with Gasteiger partial charge < -0.3 is 11.1 Å². The Morgan fingerprint density at radius 3 is 2.44 bits per heavy atom. The largest absolute Gasteiger partial charge is 0.330 e. The van der Waals surface area contributed by atoms with Gasteiger partial charge in [0.2, 0.25) is 0 Å². The zero-order chi connectivity index (χ0) is 13.5. The predicted molar refractivity (Wildman–Crippen MR) is 80.1 cm³/mol. The fourth-order valence-corrected chi connectivity index (χ4v) is 2.25. The van der Waals surface area contributed by atoms with E-state index in [1.165, 1.54) is 22.3 Å². The van der Waals surface area contributed by atoms with Crippen LogP contribution in [0.4, 0.5) is 0 Å². The molecule has 1 aromatic carbocycles. The lowest BCUT2D eigenvalue weighted by Gasteiger charge is -2.13. The summed E-state index contributed by atoms with van der Waals surface area (Å²) in [6, 6.07) is 4.62. The lowest BCUT2D eigenvalue weighted by Crippen LogP contribution is -2.25. The number of hydrogen-bond acceptors (Lipinski definition) is 2. The fraction of sp³-hybridized carbons (Fsp3) is 0.625. The van der Waals surface area contributed by atoms with Crippen molar-refractivity contribution in [3.63, 3.8) is 0 Å². The van der Waals surface area contributed by atoms with Crippen LogP contribution in [0, 0.1) is 26.7 Å². The second kappa shape index (κ2) is 7.55. The van der Waals surface area contributed by atoms with E-state index in [4.69, 9.17) is 5.73 Å². The number of nitrogens with one attached hydrogen (secondary N) is 1. The molecule has 0 heterocycles. The summed E-state index contributed by atoms with van der Waals surface area (Å²) in [5.41, 5.74) is 11.2. The minimum atomic E-state index is 0.677. The molecule has 0 aromatic heterocycles. The maximum atomic E-state index is 5.55. The van der Waals surface area contributed by atoms with Crippen molar-refractivity contribution >= 4 is 0 Å². The van der Waals surface area contributed by atoms with Crippen LogP contribution >= 0.6 is 0 Å². The average Bonchev–Trinajstić information content (AvgIpc) is 2.31. The van der Waals surface area contributed by atoms with Crippen LogP contribution in [0.5, 0.6) is 0 Å². The van der Waals surface area contributed by atoms with Crippen LogP contribution in [0.15, 0.2) is 12.1 Å². The van der Waals surface area contributed by atoms with Crippen molar-refractivity contribution in [1.82, 2.24) is 5.32 Å². The zero-order valence-corrected chi connectivity index (χ0v) is 12.3. The zero-order valence-electron chi connectivity index (χ0n) is 12.3. The molecule has 0 bridgehead atoms. The summed E-state index contributed by atoms with van der Waals surface area (Å²) >= 11 is 0. The molecule has 2 heteroatoms. The Labute approximate surface area is 112 Å². The third-order valence-corrected chi connectivity index (χ3v) is 3.68. The Balaban J connectivity index is 2.38. The van der Waals surface area contributed by atoms with Gasteiger partial charge in [-0.3, -0.25) is 0 Å². The van der Waals surface area contributed by atoms with Gasteiger partial charge in [-0.1, -0.05) is 19.1 Å². The van der Waals surface area contributed by atoms with Crippen LogP contribution < -0.4 is 11.1 Å². The fourth-order valence-electron chi connectivity index (χ4n) is 2.25. The predicted octanol–water partition coefficient (Wildman–Crippen LogP) is 2.73. The van der Waals surface area contributed by atoms with Gasteiger partial charge >= 0.3 is 0 Å². The van der Waals surface area contributed by atoms with Gasteiger partial charge in [-0.15, -0.1) is 0 Å². The summed E-state index contributed by atoms with van der Waals surface area (Å²) < 4.78 is 0. The van der Waals surface area contributed by atoms with Crippen LogP contribution in [0.2, 0.25) is 0 Å². The Hall–Kier alpha value is -0.860. The molecular weight excluding hydrogens is 220 g/mol. The highest BCUT2D eigenvalue weighted by Crippen LogP contribution is 2.15. The second-order valence-corrected chi connectivity index (χ2v) is 5.50.